The van der Waals surface area contributed by atoms with Crippen LogP contribution in [0.25, 0.3) is 6.08 Å². The predicted molar refractivity (Wildman–Crippen MR) is 67.0 cm³/mol. The standard InChI is InChI=1S/C12H15BrO2/c1-9(8-13)6-10-4-5-11(14-2)7-12(10)15-3/h4-7H,8H2,1-3H3. The molecule has 0 aromatic heterocycles. The third-order valence-electron chi connectivity index (χ3n) is 2.05. The van der Waals surface area contributed by atoms with Crippen molar-refractivity contribution in [3.05, 3.63) is 29.3 Å². The lowest BCUT2D eigenvalue weighted by Crippen LogP contribution is -1.90. The fourth-order valence-electron chi connectivity index (χ4n) is 1.24. The van der Waals surface area contributed by atoms with E-state index in [4.69, 9.17) is 9.47 Å². The molecule has 0 heterocycles. The maximum Gasteiger partial charge on any atom is 0.129 e. The minimum Gasteiger partial charge on any atom is -0.497 e. The van der Waals surface area contributed by atoms with Crippen molar-refractivity contribution in [3.63, 3.8) is 0 Å². The van der Waals surface area contributed by atoms with Gasteiger partial charge in [0.2, 0.25) is 0 Å². The Kier molecular flexibility index (Phi) is 4.69. The van der Waals surface area contributed by atoms with Crippen molar-refractivity contribution in [2.45, 2.75) is 6.92 Å². The molecule has 1 aromatic carbocycles. The highest BCUT2D eigenvalue weighted by atomic mass is 79.9. The number of halogens is 1. The average Bonchev–Trinajstić information content (AvgIpc) is 2.29. The maximum absolute atomic E-state index is 5.29. The largest absolute Gasteiger partial charge is 0.497 e. The first kappa shape index (κ1) is 12.1. The summed E-state index contributed by atoms with van der Waals surface area (Å²) in [7, 11) is 3.31. The molecule has 0 fully saturated rings. The number of alkyl halides is 1. The van der Waals surface area contributed by atoms with Gasteiger partial charge in [-0.2, -0.15) is 0 Å². The van der Waals surface area contributed by atoms with E-state index in [1.54, 1.807) is 14.2 Å². The van der Waals surface area contributed by atoms with E-state index in [1.807, 2.05) is 18.2 Å². The molecular weight excluding hydrogens is 256 g/mol. The molecule has 0 bridgehead atoms. The van der Waals surface area contributed by atoms with Gasteiger partial charge in [-0.1, -0.05) is 27.6 Å². The normalized spacial score (nSPS) is 11.3. The van der Waals surface area contributed by atoms with Gasteiger partial charge in [-0.25, -0.2) is 0 Å². The lowest BCUT2D eigenvalue weighted by molar-refractivity contribution is 0.393. The summed E-state index contributed by atoms with van der Waals surface area (Å²) in [5.74, 6) is 1.63. The Bertz CT molecular complexity index is 359. The van der Waals surface area contributed by atoms with Crippen LogP contribution in [0.4, 0.5) is 0 Å². The Morgan fingerprint density at radius 2 is 2.07 bits per heavy atom. The molecule has 1 aromatic rings. The fraction of sp³-hybridized carbons (Fsp3) is 0.333. The van der Waals surface area contributed by atoms with Crippen LogP contribution in [-0.2, 0) is 0 Å². The zero-order chi connectivity index (χ0) is 11.3. The van der Waals surface area contributed by atoms with Gasteiger partial charge >= 0.3 is 0 Å². The summed E-state index contributed by atoms with van der Waals surface area (Å²) in [6.45, 7) is 2.07. The monoisotopic (exact) mass is 270 g/mol. The smallest absolute Gasteiger partial charge is 0.129 e. The quantitative estimate of drug-likeness (QED) is 0.780. The van der Waals surface area contributed by atoms with E-state index in [9.17, 15) is 0 Å². The Morgan fingerprint density at radius 1 is 1.33 bits per heavy atom. The van der Waals surface area contributed by atoms with E-state index in [0.717, 1.165) is 22.4 Å². The first-order valence-electron chi connectivity index (χ1n) is 4.66. The van der Waals surface area contributed by atoms with Crippen LogP contribution < -0.4 is 9.47 Å². The number of ether oxygens (including phenoxy) is 2. The Morgan fingerprint density at radius 3 is 2.60 bits per heavy atom. The molecule has 0 spiro atoms. The number of methoxy groups -OCH3 is 2. The van der Waals surface area contributed by atoms with Crippen LogP contribution in [0.15, 0.2) is 23.8 Å². The highest BCUT2D eigenvalue weighted by Gasteiger charge is 2.02. The first-order valence-corrected chi connectivity index (χ1v) is 5.78. The predicted octanol–water partition coefficient (Wildman–Crippen LogP) is 3.50. The Labute approximate surface area is 99.0 Å². The zero-order valence-electron chi connectivity index (χ0n) is 9.21. The highest BCUT2D eigenvalue weighted by Crippen LogP contribution is 2.26. The number of hydrogen-bond donors (Lipinski definition) is 0. The lowest BCUT2D eigenvalue weighted by Gasteiger charge is -2.08. The van der Waals surface area contributed by atoms with Crippen molar-refractivity contribution in [2.75, 3.05) is 19.5 Å². The van der Waals surface area contributed by atoms with Gasteiger partial charge in [0, 0.05) is 17.0 Å². The molecule has 0 saturated heterocycles. The summed E-state index contributed by atoms with van der Waals surface area (Å²) < 4.78 is 10.4. The highest BCUT2D eigenvalue weighted by molar-refractivity contribution is 9.09. The molecule has 0 N–H and O–H groups in total. The molecule has 0 saturated carbocycles. The first-order chi connectivity index (χ1) is 7.21. The summed E-state index contributed by atoms with van der Waals surface area (Å²) in [6, 6.07) is 5.80. The van der Waals surface area contributed by atoms with Crippen LogP contribution >= 0.6 is 15.9 Å². The molecule has 82 valence electrons. The molecule has 0 aliphatic rings. The number of rotatable bonds is 4. The molecule has 3 heteroatoms. The molecule has 15 heavy (non-hydrogen) atoms. The van der Waals surface area contributed by atoms with Gasteiger partial charge in [-0.15, -0.1) is 0 Å². The van der Waals surface area contributed by atoms with Crippen LogP contribution in [-0.4, -0.2) is 19.5 Å². The van der Waals surface area contributed by atoms with Gasteiger partial charge in [0.25, 0.3) is 0 Å². The zero-order valence-corrected chi connectivity index (χ0v) is 10.8. The Hall–Kier alpha value is -0.960. The van der Waals surface area contributed by atoms with E-state index >= 15 is 0 Å². The summed E-state index contributed by atoms with van der Waals surface area (Å²) in [5.41, 5.74) is 2.31. The molecule has 0 radical (unpaired) electrons. The van der Waals surface area contributed by atoms with Crippen LogP contribution in [0.5, 0.6) is 11.5 Å². The molecule has 0 amide bonds. The van der Waals surface area contributed by atoms with Crippen LogP contribution in [0, 0.1) is 0 Å². The molecule has 1 rings (SSSR count). The molecule has 0 aliphatic carbocycles. The van der Waals surface area contributed by atoms with Crippen molar-refractivity contribution < 1.29 is 9.47 Å². The number of benzene rings is 1. The van der Waals surface area contributed by atoms with Crippen molar-refractivity contribution in [3.8, 4) is 11.5 Å². The SMILES string of the molecule is COc1ccc(C=C(C)CBr)c(OC)c1. The molecule has 0 unspecified atom stereocenters. The molecule has 0 atom stereocenters. The van der Waals surface area contributed by atoms with Gasteiger partial charge in [0.1, 0.15) is 11.5 Å². The molecular formula is C12H15BrO2. The second-order valence-electron chi connectivity index (χ2n) is 3.23. The summed E-state index contributed by atoms with van der Waals surface area (Å²) in [4.78, 5) is 0. The molecule has 0 aliphatic heterocycles. The van der Waals surface area contributed by atoms with Gasteiger partial charge in [-0.05, 0) is 19.1 Å². The van der Waals surface area contributed by atoms with E-state index in [1.165, 1.54) is 5.57 Å². The van der Waals surface area contributed by atoms with E-state index in [-0.39, 0.29) is 0 Å². The van der Waals surface area contributed by atoms with Gasteiger partial charge in [-0.3, -0.25) is 0 Å². The van der Waals surface area contributed by atoms with E-state index in [0.29, 0.717) is 0 Å². The van der Waals surface area contributed by atoms with Crippen LogP contribution in [0.1, 0.15) is 12.5 Å². The minimum absolute atomic E-state index is 0.806. The second kappa shape index (κ2) is 5.81. The van der Waals surface area contributed by atoms with Crippen LogP contribution in [0.2, 0.25) is 0 Å². The fourth-order valence-corrected chi connectivity index (χ4v) is 1.40. The van der Waals surface area contributed by atoms with Crippen molar-refractivity contribution in [1.82, 2.24) is 0 Å². The Balaban J connectivity index is 3.08. The van der Waals surface area contributed by atoms with Crippen molar-refractivity contribution >= 4 is 22.0 Å². The van der Waals surface area contributed by atoms with Crippen molar-refractivity contribution in [2.24, 2.45) is 0 Å². The van der Waals surface area contributed by atoms with E-state index < -0.39 is 0 Å². The topological polar surface area (TPSA) is 18.5 Å². The lowest BCUT2D eigenvalue weighted by atomic mass is 10.1. The van der Waals surface area contributed by atoms with Gasteiger partial charge in [0.05, 0.1) is 14.2 Å². The van der Waals surface area contributed by atoms with Gasteiger partial charge < -0.3 is 9.47 Å². The average molecular weight is 271 g/mol. The number of hydrogen-bond acceptors (Lipinski definition) is 2. The van der Waals surface area contributed by atoms with Crippen molar-refractivity contribution in [1.29, 1.82) is 0 Å². The summed E-state index contributed by atoms with van der Waals surface area (Å²) in [6.07, 6.45) is 2.09. The maximum atomic E-state index is 5.29. The minimum atomic E-state index is 0.806. The molecule has 2 nitrogen and oxygen atoms in total. The van der Waals surface area contributed by atoms with E-state index in [2.05, 4.69) is 28.9 Å². The third kappa shape index (κ3) is 3.27. The van der Waals surface area contributed by atoms with Gasteiger partial charge in [0.15, 0.2) is 0 Å². The van der Waals surface area contributed by atoms with Crippen LogP contribution in [0.3, 0.4) is 0 Å². The summed E-state index contributed by atoms with van der Waals surface area (Å²) in [5, 5.41) is 0.863. The third-order valence-corrected chi connectivity index (χ3v) is 2.94. The second-order valence-corrected chi connectivity index (χ2v) is 3.79. The number of allylic oxidation sites excluding steroid dienone is 1. The summed E-state index contributed by atoms with van der Waals surface area (Å²) >= 11 is 3.41.